The van der Waals surface area contributed by atoms with Crippen LogP contribution in [-0.2, 0) is 0 Å². The zero-order chi connectivity index (χ0) is 17.6. The summed E-state index contributed by atoms with van der Waals surface area (Å²) in [7, 11) is 0. The molecule has 25 heavy (non-hydrogen) atoms. The van der Waals surface area contributed by atoms with Gasteiger partial charge >= 0.3 is 0 Å². The van der Waals surface area contributed by atoms with Crippen molar-refractivity contribution in [2.45, 2.75) is 12.8 Å². The Hall–Kier alpha value is -1.89. The molecule has 1 aromatic heterocycles. The van der Waals surface area contributed by atoms with Crippen molar-refractivity contribution in [2.75, 3.05) is 25.0 Å². The number of carbonyl (C=O) groups excluding carboxylic acids is 2. The van der Waals surface area contributed by atoms with E-state index in [0.717, 1.165) is 25.9 Å². The van der Waals surface area contributed by atoms with Gasteiger partial charge in [0.2, 0.25) is 0 Å². The number of hydrogen-bond donors (Lipinski definition) is 3. The van der Waals surface area contributed by atoms with Gasteiger partial charge in [0.1, 0.15) is 0 Å². The molecule has 0 saturated carbocycles. The van der Waals surface area contributed by atoms with Gasteiger partial charge in [-0.1, -0.05) is 17.7 Å². The summed E-state index contributed by atoms with van der Waals surface area (Å²) in [6.07, 6.45) is 2.13. The van der Waals surface area contributed by atoms with Gasteiger partial charge in [-0.15, -0.1) is 11.3 Å². The summed E-state index contributed by atoms with van der Waals surface area (Å²) < 4.78 is 0. The normalized spacial score (nSPS) is 16.6. The molecule has 2 heterocycles. The molecule has 1 aliphatic rings. The molecule has 7 heteroatoms. The highest BCUT2D eigenvalue weighted by molar-refractivity contribution is 7.12. The summed E-state index contributed by atoms with van der Waals surface area (Å²) in [5.41, 5.74) is 0.920. The van der Waals surface area contributed by atoms with Gasteiger partial charge in [0.05, 0.1) is 15.6 Å². The topological polar surface area (TPSA) is 70.2 Å². The van der Waals surface area contributed by atoms with Crippen LogP contribution in [0.5, 0.6) is 0 Å². The molecule has 5 nitrogen and oxygen atoms in total. The van der Waals surface area contributed by atoms with E-state index < -0.39 is 0 Å². The van der Waals surface area contributed by atoms with Crippen molar-refractivity contribution in [1.82, 2.24) is 10.6 Å². The van der Waals surface area contributed by atoms with Crippen molar-refractivity contribution in [3.8, 4) is 0 Å². The number of nitrogens with one attached hydrogen (secondary N) is 3. The van der Waals surface area contributed by atoms with Gasteiger partial charge in [-0.25, -0.2) is 0 Å². The monoisotopic (exact) mass is 377 g/mol. The van der Waals surface area contributed by atoms with E-state index in [-0.39, 0.29) is 11.8 Å². The zero-order valence-electron chi connectivity index (χ0n) is 13.7. The summed E-state index contributed by atoms with van der Waals surface area (Å²) in [6.45, 7) is 2.73. The molecule has 2 amide bonds. The molecular formula is C18H20ClN3O2S. The second-order valence-electron chi connectivity index (χ2n) is 6.03. The molecule has 1 unspecified atom stereocenters. The predicted octanol–water partition coefficient (Wildman–Crippen LogP) is 3.38. The highest BCUT2D eigenvalue weighted by atomic mass is 35.5. The summed E-state index contributed by atoms with van der Waals surface area (Å²) >= 11 is 7.50. The minimum Gasteiger partial charge on any atom is -0.352 e. The van der Waals surface area contributed by atoms with E-state index in [1.807, 2.05) is 11.4 Å². The second-order valence-corrected chi connectivity index (χ2v) is 7.38. The van der Waals surface area contributed by atoms with E-state index in [4.69, 9.17) is 11.6 Å². The first kappa shape index (κ1) is 17.9. The van der Waals surface area contributed by atoms with E-state index >= 15 is 0 Å². The second kappa shape index (κ2) is 8.47. The molecular weight excluding hydrogens is 358 g/mol. The van der Waals surface area contributed by atoms with Crippen molar-refractivity contribution in [3.05, 3.63) is 51.2 Å². The molecule has 0 aliphatic carbocycles. The fraction of sp³-hybridized carbons (Fsp3) is 0.333. The van der Waals surface area contributed by atoms with Crippen molar-refractivity contribution < 1.29 is 9.59 Å². The Labute approximate surface area is 155 Å². The molecule has 1 aliphatic heterocycles. The summed E-state index contributed by atoms with van der Waals surface area (Å²) in [5.74, 6) is 0.239. The van der Waals surface area contributed by atoms with Crippen LogP contribution >= 0.6 is 22.9 Å². The van der Waals surface area contributed by atoms with Crippen LogP contribution in [0.25, 0.3) is 0 Å². The molecule has 0 spiro atoms. The minimum atomic E-state index is -0.233. The Morgan fingerprint density at radius 2 is 2.16 bits per heavy atom. The number of rotatable bonds is 6. The average molecular weight is 378 g/mol. The lowest BCUT2D eigenvalue weighted by molar-refractivity contribution is 0.0950. The van der Waals surface area contributed by atoms with Gasteiger partial charge in [0, 0.05) is 12.1 Å². The molecule has 3 rings (SSSR count). The molecule has 1 saturated heterocycles. The van der Waals surface area contributed by atoms with Gasteiger partial charge in [0.15, 0.2) is 0 Å². The van der Waals surface area contributed by atoms with Gasteiger partial charge in [-0.3, -0.25) is 9.59 Å². The van der Waals surface area contributed by atoms with Crippen molar-refractivity contribution in [1.29, 1.82) is 0 Å². The van der Waals surface area contributed by atoms with Crippen LogP contribution in [0.1, 0.15) is 32.9 Å². The molecule has 132 valence electrons. The van der Waals surface area contributed by atoms with E-state index in [9.17, 15) is 9.59 Å². The number of hydrogen-bond acceptors (Lipinski definition) is 4. The molecule has 3 N–H and O–H groups in total. The highest BCUT2D eigenvalue weighted by Crippen LogP contribution is 2.24. The van der Waals surface area contributed by atoms with Crippen LogP contribution in [0.3, 0.4) is 0 Å². The molecule has 1 fully saturated rings. The standard InChI is InChI=1S/C18H20ClN3O2S/c19-14-4-3-13(17(23)21-8-6-12-5-7-20-11-12)10-15(14)22-18(24)16-2-1-9-25-16/h1-4,9-10,12,20H,5-8,11H2,(H,21,23)(H,22,24). The van der Waals surface area contributed by atoms with Crippen LogP contribution in [0, 0.1) is 5.92 Å². The first-order valence-electron chi connectivity index (χ1n) is 8.27. The average Bonchev–Trinajstić information content (AvgIpc) is 3.30. The predicted molar refractivity (Wildman–Crippen MR) is 102 cm³/mol. The summed E-state index contributed by atoms with van der Waals surface area (Å²) in [4.78, 5) is 25.1. The fourth-order valence-corrected chi connectivity index (χ4v) is 3.59. The van der Waals surface area contributed by atoms with Crippen molar-refractivity contribution >= 4 is 40.4 Å². The van der Waals surface area contributed by atoms with Gasteiger partial charge in [-0.2, -0.15) is 0 Å². The maximum Gasteiger partial charge on any atom is 0.265 e. The SMILES string of the molecule is O=C(NCCC1CCNC1)c1ccc(Cl)c(NC(=O)c2cccs2)c1. The fourth-order valence-electron chi connectivity index (χ4n) is 2.81. The maximum absolute atomic E-state index is 12.3. The van der Waals surface area contributed by atoms with E-state index in [1.165, 1.54) is 11.3 Å². The number of thiophene rings is 1. The lowest BCUT2D eigenvalue weighted by atomic mass is 10.1. The van der Waals surface area contributed by atoms with E-state index in [2.05, 4.69) is 16.0 Å². The first-order chi connectivity index (χ1) is 12.1. The summed E-state index contributed by atoms with van der Waals surface area (Å²) in [5, 5.41) is 11.2. The number of halogens is 1. The minimum absolute atomic E-state index is 0.158. The Morgan fingerprint density at radius 1 is 1.28 bits per heavy atom. The third-order valence-corrected chi connectivity index (χ3v) is 5.42. The van der Waals surface area contributed by atoms with Crippen LogP contribution in [0.15, 0.2) is 35.7 Å². The smallest absolute Gasteiger partial charge is 0.265 e. The molecule has 0 radical (unpaired) electrons. The molecule has 1 aromatic carbocycles. The Kier molecular flexibility index (Phi) is 6.07. The number of benzene rings is 1. The Morgan fingerprint density at radius 3 is 2.88 bits per heavy atom. The van der Waals surface area contributed by atoms with E-state index in [0.29, 0.717) is 33.6 Å². The third kappa shape index (κ3) is 4.81. The van der Waals surface area contributed by atoms with Gasteiger partial charge in [-0.05, 0) is 61.5 Å². The largest absolute Gasteiger partial charge is 0.352 e. The Balaban J connectivity index is 1.59. The summed E-state index contributed by atoms with van der Waals surface area (Å²) in [6, 6.07) is 8.45. The van der Waals surface area contributed by atoms with Crippen LogP contribution in [0.2, 0.25) is 5.02 Å². The lowest BCUT2D eigenvalue weighted by Crippen LogP contribution is -2.26. The van der Waals surface area contributed by atoms with Crippen LogP contribution in [-0.4, -0.2) is 31.4 Å². The third-order valence-electron chi connectivity index (χ3n) is 4.22. The maximum atomic E-state index is 12.3. The molecule has 2 aromatic rings. The molecule has 1 atom stereocenters. The zero-order valence-corrected chi connectivity index (χ0v) is 15.3. The number of amides is 2. The van der Waals surface area contributed by atoms with E-state index in [1.54, 1.807) is 24.3 Å². The Bertz CT molecular complexity index is 743. The van der Waals surface area contributed by atoms with Crippen LogP contribution in [0.4, 0.5) is 5.69 Å². The van der Waals surface area contributed by atoms with Crippen LogP contribution < -0.4 is 16.0 Å². The van der Waals surface area contributed by atoms with Gasteiger partial charge in [0.25, 0.3) is 11.8 Å². The number of carbonyl (C=O) groups is 2. The molecule has 0 bridgehead atoms. The quantitative estimate of drug-likeness (QED) is 0.722. The number of anilines is 1. The first-order valence-corrected chi connectivity index (χ1v) is 9.52. The van der Waals surface area contributed by atoms with Gasteiger partial charge < -0.3 is 16.0 Å². The van der Waals surface area contributed by atoms with Crippen molar-refractivity contribution in [2.24, 2.45) is 5.92 Å². The van der Waals surface area contributed by atoms with Crippen molar-refractivity contribution in [3.63, 3.8) is 0 Å². The highest BCUT2D eigenvalue weighted by Gasteiger charge is 2.15. The lowest BCUT2D eigenvalue weighted by Gasteiger charge is -2.11.